The van der Waals surface area contributed by atoms with E-state index in [-0.39, 0.29) is 0 Å². The molecular weight excluding hydrogens is 277 g/mol. The van der Waals surface area contributed by atoms with Crippen molar-refractivity contribution in [3.63, 3.8) is 0 Å². The van der Waals surface area contributed by atoms with Gasteiger partial charge in [-0.1, -0.05) is 36.4 Å². The van der Waals surface area contributed by atoms with Gasteiger partial charge in [-0.25, -0.2) is 4.98 Å². The predicted molar refractivity (Wildman–Crippen MR) is 87.3 cm³/mol. The van der Waals surface area contributed by atoms with Gasteiger partial charge in [-0.2, -0.15) is 4.39 Å². The van der Waals surface area contributed by atoms with Gasteiger partial charge in [-0.15, -0.1) is 0 Å². The van der Waals surface area contributed by atoms with Crippen molar-refractivity contribution in [3.05, 3.63) is 60.0 Å². The van der Waals surface area contributed by atoms with E-state index in [1.807, 2.05) is 12.1 Å². The van der Waals surface area contributed by atoms with Gasteiger partial charge in [0.2, 0.25) is 5.95 Å². The Labute approximate surface area is 131 Å². The minimum absolute atomic E-state index is 0.407. The summed E-state index contributed by atoms with van der Waals surface area (Å²) in [5, 5.41) is 0. The van der Waals surface area contributed by atoms with Gasteiger partial charge >= 0.3 is 0 Å². The predicted octanol–water partition coefficient (Wildman–Crippen LogP) is 3.32. The van der Waals surface area contributed by atoms with Crippen molar-refractivity contribution in [2.45, 2.75) is 25.9 Å². The van der Waals surface area contributed by atoms with Crippen LogP contribution < -0.4 is 4.90 Å². The van der Waals surface area contributed by atoms with Crippen molar-refractivity contribution in [1.82, 2.24) is 9.88 Å². The van der Waals surface area contributed by atoms with E-state index in [1.165, 1.54) is 11.6 Å². The SMILES string of the molecule is CC1CCN(c2cccc(F)n2)CCN1Cc1ccccc1. The normalized spacial score (nSPS) is 19.9. The van der Waals surface area contributed by atoms with Gasteiger partial charge in [0.05, 0.1) is 0 Å². The molecule has 1 unspecified atom stereocenters. The Kier molecular flexibility index (Phi) is 4.68. The first-order chi connectivity index (χ1) is 10.7. The Balaban J connectivity index is 1.67. The number of pyridine rings is 1. The Morgan fingerprint density at radius 3 is 2.64 bits per heavy atom. The summed E-state index contributed by atoms with van der Waals surface area (Å²) in [7, 11) is 0. The van der Waals surface area contributed by atoms with Gasteiger partial charge in [0.1, 0.15) is 5.82 Å². The molecule has 22 heavy (non-hydrogen) atoms. The summed E-state index contributed by atoms with van der Waals surface area (Å²) in [5.74, 6) is 0.338. The molecule has 1 aromatic carbocycles. The van der Waals surface area contributed by atoms with Crippen LogP contribution in [0.2, 0.25) is 0 Å². The second kappa shape index (κ2) is 6.88. The van der Waals surface area contributed by atoms with Gasteiger partial charge in [-0.05, 0) is 31.0 Å². The Hall–Kier alpha value is -1.94. The quantitative estimate of drug-likeness (QED) is 0.811. The van der Waals surface area contributed by atoms with Crippen LogP contribution >= 0.6 is 0 Å². The maximum Gasteiger partial charge on any atom is 0.214 e. The molecule has 0 spiro atoms. The minimum atomic E-state index is -0.407. The zero-order valence-electron chi connectivity index (χ0n) is 13.0. The summed E-state index contributed by atoms with van der Waals surface area (Å²) in [6.45, 7) is 6.00. The Morgan fingerprint density at radius 1 is 1.05 bits per heavy atom. The van der Waals surface area contributed by atoms with E-state index in [1.54, 1.807) is 6.07 Å². The highest BCUT2D eigenvalue weighted by Gasteiger charge is 2.21. The van der Waals surface area contributed by atoms with Crippen LogP contribution in [0.15, 0.2) is 48.5 Å². The summed E-state index contributed by atoms with van der Waals surface area (Å²) in [5.41, 5.74) is 1.34. The molecule has 3 nitrogen and oxygen atoms in total. The average Bonchev–Trinajstić information content (AvgIpc) is 2.71. The molecular formula is C18H22FN3. The zero-order valence-corrected chi connectivity index (χ0v) is 13.0. The Morgan fingerprint density at radius 2 is 1.86 bits per heavy atom. The molecule has 1 atom stereocenters. The third kappa shape index (κ3) is 3.63. The molecule has 2 heterocycles. The first-order valence-electron chi connectivity index (χ1n) is 7.88. The molecule has 1 aromatic heterocycles. The molecule has 1 fully saturated rings. The molecule has 0 radical (unpaired) electrons. The van der Waals surface area contributed by atoms with E-state index >= 15 is 0 Å². The fraction of sp³-hybridized carbons (Fsp3) is 0.389. The molecule has 0 aliphatic carbocycles. The van der Waals surface area contributed by atoms with Gasteiger partial charge in [0.25, 0.3) is 0 Å². The molecule has 4 heteroatoms. The average molecular weight is 299 g/mol. The van der Waals surface area contributed by atoms with Gasteiger partial charge in [0.15, 0.2) is 0 Å². The summed E-state index contributed by atoms with van der Waals surface area (Å²) in [6, 6.07) is 16.1. The van der Waals surface area contributed by atoms with Crippen LogP contribution in [-0.2, 0) is 6.54 Å². The first kappa shape index (κ1) is 15.0. The number of anilines is 1. The molecule has 0 amide bonds. The summed E-state index contributed by atoms with van der Waals surface area (Å²) < 4.78 is 13.3. The maximum absolute atomic E-state index is 13.3. The third-order valence-corrected chi connectivity index (χ3v) is 4.35. The second-order valence-electron chi connectivity index (χ2n) is 5.90. The molecule has 0 bridgehead atoms. The number of rotatable bonds is 3. The van der Waals surface area contributed by atoms with E-state index in [4.69, 9.17) is 0 Å². The summed E-state index contributed by atoms with van der Waals surface area (Å²) in [4.78, 5) is 8.69. The smallest absolute Gasteiger partial charge is 0.214 e. The molecule has 116 valence electrons. The van der Waals surface area contributed by atoms with Crippen LogP contribution in [0, 0.1) is 5.95 Å². The van der Waals surface area contributed by atoms with Gasteiger partial charge < -0.3 is 4.90 Å². The fourth-order valence-corrected chi connectivity index (χ4v) is 2.96. The third-order valence-electron chi connectivity index (χ3n) is 4.35. The van der Waals surface area contributed by atoms with E-state index in [2.05, 4.69) is 46.0 Å². The fourth-order valence-electron chi connectivity index (χ4n) is 2.96. The minimum Gasteiger partial charge on any atom is -0.355 e. The van der Waals surface area contributed by atoms with Crippen LogP contribution in [0.5, 0.6) is 0 Å². The largest absolute Gasteiger partial charge is 0.355 e. The lowest BCUT2D eigenvalue weighted by Crippen LogP contribution is -2.34. The van der Waals surface area contributed by atoms with Crippen LogP contribution in [-0.4, -0.2) is 35.6 Å². The highest BCUT2D eigenvalue weighted by Crippen LogP contribution is 2.19. The topological polar surface area (TPSA) is 19.4 Å². The zero-order chi connectivity index (χ0) is 15.4. The molecule has 0 N–H and O–H groups in total. The van der Waals surface area contributed by atoms with E-state index in [9.17, 15) is 4.39 Å². The van der Waals surface area contributed by atoms with Gasteiger partial charge in [-0.3, -0.25) is 4.90 Å². The molecule has 1 aliphatic heterocycles. The highest BCUT2D eigenvalue weighted by atomic mass is 19.1. The molecule has 0 saturated carbocycles. The van der Waals surface area contributed by atoms with Crippen LogP contribution in [0.25, 0.3) is 0 Å². The van der Waals surface area contributed by atoms with Crippen LogP contribution in [0.3, 0.4) is 0 Å². The van der Waals surface area contributed by atoms with E-state index in [0.29, 0.717) is 6.04 Å². The van der Waals surface area contributed by atoms with E-state index < -0.39 is 5.95 Å². The number of benzene rings is 1. The number of nitrogens with zero attached hydrogens (tertiary/aromatic N) is 3. The van der Waals surface area contributed by atoms with Crippen LogP contribution in [0.4, 0.5) is 10.2 Å². The summed E-state index contributed by atoms with van der Waals surface area (Å²) >= 11 is 0. The lowest BCUT2D eigenvalue weighted by Gasteiger charge is -2.26. The second-order valence-corrected chi connectivity index (χ2v) is 5.90. The number of aromatic nitrogens is 1. The molecule has 1 saturated heterocycles. The van der Waals surface area contributed by atoms with Crippen molar-refractivity contribution in [2.75, 3.05) is 24.5 Å². The number of hydrogen-bond acceptors (Lipinski definition) is 3. The van der Waals surface area contributed by atoms with Crippen molar-refractivity contribution < 1.29 is 4.39 Å². The summed E-state index contributed by atoms with van der Waals surface area (Å²) in [6.07, 6.45) is 1.06. The van der Waals surface area contributed by atoms with Gasteiger partial charge in [0, 0.05) is 32.2 Å². The van der Waals surface area contributed by atoms with E-state index in [0.717, 1.165) is 38.4 Å². The lowest BCUT2D eigenvalue weighted by atomic mass is 10.1. The number of hydrogen-bond donors (Lipinski definition) is 0. The van der Waals surface area contributed by atoms with Crippen LogP contribution in [0.1, 0.15) is 18.9 Å². The Bertz CT molecular complexity index is 602. The lowest BCUT2D eigenvalue weighted by molar-refractivity contribution is 0.212. The number of halogens is 1. The first-order valence-corrected chi connectivity index (χ1v) is 7.88. The van der Waals surface area contributed by atoms with Crippen molar-refractivity contribution in [2.24, 2.45) is 0 Å². The van der Waals surface area contributed by atoms with Crippen molar-refractivity contribution >= 4 is 5.82 Å². The highest BCUT2D eigenvalue weighted by molar-refractivity contribution is 5.38. The maximum atomic E-state index is 13.3. The molecule has 2 aromatic rings. The van der Waals surface area contributed by atoms with Crippen molar-refractivity contribution in [3.8, 4) is 0 Å². The monoisotopic (exact) mass is 299 g/mol. The molecule has 1 aliphatic rings. The molecule has 3 rings (SSSR count). The van der Waals surface area contributed by atoms with Crippen molar-refractivity contribution in [1.29, 1.82) is 0 Å². The standard InChI is InChI=1S/C18H22FN3/c1-15-10-11-21(18-9-5-8-17(19)20-18)12-13-22(15)14-16-6-3-2-4-7-16/h2-9,15H,10-14H2,1H3.